The molecule has 1 saturated heterocycles. The van der Waals surface area contributed by atoms with E-state index in [2.05, 4.69) is 17.4 Å². The largest absolute Gasteiger partial charge is 0.306 e. The van der Waals surface area contributed by atoms with Gasteiger partial charge in [-0.2, -0.15) is 0 Å². The minimum absolute atomic E-state index is 0.723. The van der Waals surface area contributed by atoms with Gasteiger partial charge in [-0.15, -0.1) is 0 Å². The molecule has 0 bridgehead atoms. The zero-order valence-corrected chi connectivity index (χ0v) is 7.47. The van der Waals surface area contributed by atoms with E-state index in [1.807, 2.05) is 7.05 Å². The lowest BCUT2D eigenvalue weighted by molar-refractivity contribution is 0.0135. The molecule has 0 aliphatic carbocycles. The third-order valence-electron chi connectivity index (χ3n) is 2.19. The van der Waals surface area contributed by atoms with Crippen LogP contribution in [0.15, 0.2) is 0 Å². The molecule has 11 heavy (non-hydrogen) atoms. The summed E-state index contributed by atoms with van der Waals surface area (Å²) >= 11 is 0. The highest BCUT2D eigenvalue weighted by molar-refractivity contribution is 4.69. The van der Waals surface area contributed by atoms with Crippen LogP contribution in [0.3, 0.4) is 0 Å². The molecule has 1 atom stereocenters. The van der Waals surface area contributed by atoms with Crippen molar-refractivity contribution in [2.24, 2.45) is 5.92 Å². The quantitative estimate of drug-likeness (QED) is 0.605. The molecule has 1 N–H and O–H groups in total. The van der Waals surface area contributed by atoms with Crippen LogP contribution in [0.1, 0.15) is 12.8 Å². The Morgan fingerprint density at radius 2 is 2.45 bits per heavy atom. The summed E-state index contributed by atoms with van der Waals surface area (Å²) in [5.74, 6) is 0.723. The summed E-state index contributed by atoms with van der Waals surface area (Å²) in [5, 5.41) is 0. The first kappa shape index (κ1) is 8.97. The Hall–Kier alpha value is -0.120. The first-order valence-corrected chi connectivity index (χ1v) is 4.30. The number of hydrogen-bond acceptors (Lipinski definition) is 3. The van der Waals surface area contributed by atoms with Crippen molar-refractivity contribution in [3.63, 3.8) is 0 Å². The van der Waals surface area contributed by atoms with Crippen LogP contribution in [0.5, 0.6) is 0 Å². The normalized spacial score (nSPS) is 27.3. The van der Waals surface area contributed by atoms with E-state index in [1.54, 1.807) is 0 Å². The lowest BCUT2D eigenvalue weighted by atomic mass is 10.00. The topological polar surface area (TPSA) is 24.5 Å². The van der Waals surface area contributed by atoms with Crippen molar-refractivity contribution in [2.75, 3.05) is 33.8 Å². The van der Waals surface area contributed by atoms with Crippen molar-refractivity contribution in [1.82, 2.24) is 10.4 Å². The lowest BCUT2D eigenvalue weighted by Crippen LogP contribution is -2.35. The Kier molecular flexibility index (Phi) is 3.83. The van der Waals surface area contributed by atoms with Crippen molar-refractivity contribution in [2.45, 2.75) is 12.8 Å². The predicted octanol–water partition coefficient (Wildman–Crippen LogP) is 0.479. The fraction of sp³-hybridized carbons (Fsp3) is 1.00. The minimum Gasteiger partial charge on any atom is -0.306 e. The van der Waals surface area contributed by atoms with Crippen molar-refractivity contribution in [3.8, 4) is 0 Å². The van der Waals surface area contributed by atoms with Crippen LogP contribution in [-0.4, -0.2) is 38.7 Å². The molecule has 0 radical (unpaired) electrons. The van der Waals surface area contributed by atoms with Crippen molar-refractivity contribution in [1.29, 1.82) is 0 Å². The van der Waals surface area contributed by atoms with Gasteiger partial charge in [-0.1, -0.05) is 0 Å². The van der Waals surface area contributed by atoms with Gasteiger partial charge in [-0.3, -0.25) is 0 Å². The molecule has 0 saturated carbocycles. The molecule has 1 aliphatic heterocycles. The number of piperidine rings is 1. The molecule has 3 nitrogen and oxygen atoms in total. The van der Waals surface area contributed by atoms with E-state index in [0.717, 1.165) is 12.5 Å². The van der Waals surface area contributed by atoms with E-state index in [0.29, 0.717) is 0 Å². The monoisotopic (exact) mass is 158 g/mol. The minimum atomic E-state index is 0.723. The number of hydrogen-bond donors (Lipinski definition) is 1. The predicted molar refractivity (Wildman–Crippen MR) is 45.2 cm³/mol. The SMILES string of the molecule is CNOCC1CCCN(C)C1. The molecule has 1 rings (SSSR count). The molecular weight excluding hydrogens is 140 g/mol. The van der Waals surface area contributed by atoms with Crippen LogP contribution < -0.4 is 5.48 Å². The van der Waals surface area contributed by atoms with E-state index in [4.69, 9.17) is 4.84 Å². The molecule has 1 aliphatic rings. The van der Waals surface area contributed by atoms with Gasteiger partial charge in [-0.25, -0.2) is 5.48 Å². The lowest BCUT2D eigenvalue weighted by Gasteiger charge is -2.29. The molecule has 1 heterocycles. The van der Waals surface area contributed by atoms with Gasteiger partial charge in [0, 0.05) is 13.6 Å². The van der Waals surface area contributed by atoms with Crippen LogP contribution in [-0.2, 0) is 4.84 Å². The van der Waals surface area contributed by atoms with Gasteiger partial charge in [0.15, 0.2) is 0 Å². The summed E-state index contributed by atoms with van der Waals surface area (Å²) in [6, 6.07) is 0. The smallest absolute Gasteiger partial charge is 0.0722 e. The molecule has 0 spiro atoms. The van der Waals surface area contributed by atoms with E-state index in [-0.39, 0.29) is 0 Å². The maximum absolute atomic E-state index is 5.14. The van der Waals surface area contributed by atoms with Gasteiger partial charge in [0.2, 0.25) is 0 Å². The van der Waals surface area contributed by atoms with Gasteiger partial charge < -0.3 is 9.74 Å². The second-order valence-corrected chi connectivity index (χ2v) is 3.29. The molecule has 0 amide bonds. The molecule has 1 unspecified atom stereocenters. The standard InChI is InChI=1S/C8H18N2O/c1-9-11-7-8-4-3-5-10(2)6-8/h8-9H,3-7H2,1-2H3. The zero-order chi connectivity index (χ0) is 8.10. The van der Waals surface area contributed by atoms with Crippen LogP contribution in [0.4, 0.5) is 0 Å². The van der Waals surface area contributed by atoms with E-state index >= 15 is 0 Å². The average molecular weight is 158 g/mol. The van der Waals surface area contributed by atoms with E-state index in [9.17, 15) is 0 Å². The summed E-state index contributed by atoms with van der Waals surface area (Å²) < 4.78 is 0. The highest BCUT2D eigenvalue weighted by atomic mass is 16.6. The van der Waals surface area contributed by atoms with Crippen LogP contribution in [0.2, 0.25) is 0 Å². The van der Waals surface area contributed by atoms with E-state index < -0.39 is 0 Å². The van der Waals surface area contributed by atoms with Gasteiger partial charge in [0.05, 0.1) is 6.61 Å². The molecule has 0 aromatic heterocycles. The highest BCUT2D eigenvalue weighted by Crippen LogP contribution is 2.14. The number of nitrogens with one attached hydrogen (secondary N) is 1. The molecule has 3 heteroatoms. The summed E-state index contributed by atoms with van der Waals surface area (Å²) in [4.78, 5) is 7.51. The summed E-state index contributed by atoms with van der Waals surface area (Å²) in [6.07, 6.45) is 2.63. The Balaban J connectivity index is 2.12. The van der Waals surface area contributed by atoms with Crippen LogP contribution >= 0.6 is 0 Å². The fourth-order valence-electron chi connectivity index (χ4n) is 1.61. The summed E-state index contributed by atoms with van der Waals surface area (Å²) in [6.45, 7) is 3.28. The van der Waals surface area contributed by atoms with Crippen molar-refractivity contribution in [3.05, 3.63) is 0 Å². The maximum Gasteiger partial charge on any atom is 0.0722 e. The number of likely N-dealkylation sites (tertiary alicyclic amines) is 1. The van der Waals surface area contributed by atoms with E-state index in [1.165, 1.54) is 25.9 Å². The second-order valence-electron chi connectivity index (χ2n) is 3.29. The third kappa shape index (κ3) is 3.18. The van der Waals surface area contributed by atoms with Gasteiger partial charge >= 0.3 is 0 Å². The molecule has 1 fully saturated rings. The Morgan fingerprint density at radius 1 is 1.64 bits per heavy atom. The second kappa shape index (κ2) is 4.70. The molecular formula is C8H18N2O. The fourth-order valence-corrected chi connectivity index (χ4v) is 1.61. The molecule has 0 aromatic carbocycles. The molecule has 0 aromatic rings. The number of nitrogens with zero attached hydrogens (tertiary/aromatic N) is 1. The third-order valence-corrected chi connectivity index (χ3v) is 2.19. The Bertz CT molecular complexity index is 108. The van der Waals surface area contributed by atoms with Crippen molar-refractivity contribution < 1.29 is 4.84 Å². The van der Waals surface area contributed by atoms with Gasteiger partial charge in [-0.05, 0) is 32.4 Å². The Morgan fingerprint density at radius 3 is 3.09 bits per heavy atom. The number of rotatable bonds is 3. The summed E-state index contributed by atoms with van der Waals surface area (Å²) in [5.41, 5.74) is 2.71. The first-order chi connectivity index (χ1) is 5.33. The van der Waals surface area contributed by atoms with Crippen molar-refractivity contribution >= 4 is 0 Å². The first-order valence-electron chi connectivity index (χ1n) is 4.30. The van der Waals surface area contributed by atoms with Gasteiger partial charge in [0.25, 0.3) is 0 Å². The maximum atomic E-state index is 5.14. The number of hydroxylamine groups is 1. The Labute approximate surface area is 68.7 Å². The highest BCUT2D eigenvalue weighted by Gasteiger charge is 2.16. The van der Waals surface area contributed by atoms with Crippen LogP contribution in [0, 0.1) is 5.92 Å². The van der Waals surface area contributed by atoms with Crippen LogP contribution in [0.25, 0.3) is 0 Å². The van der Waals surface area contributed by atoms with Gasteiger partial charge in [0.1, 0.15) is 0 Å². The average Bonchev–Trinajstić information content (AvgIpc) is 2.01. The molecule has 66 valence electrons. The zero-order valence-electron chi connectivity index (χ0n) is 7.47. The summed E-state index contributed by atoms with van der Waals surface area (Å²) in [7, 11) is 3.98.